The first kappa shape index (κ1) is 20.8. The number of non-ortho nitro benzene ring substituents is 1. The molecule has 9 heteroatoms. The van der Waals surface area contributed by atoms with Crippen LogP contribution in [0.15, 0.2) is 36.4 Å². The van der Waals surface area contributed by atoms with Crippen LogP contribution in [0.4, 0.5) is 24.5 Å². The number of halogens is 3. The highest BCUT2D eigenvalue weighted by Crippen LogP contribution is 2.35. The molecular weight excluding hydrogens is 411 g/mol. The lowest BCUT2D eigenvalue weighted by molar-refractivity contribution is -0.383. The van der Waals surface area contributed by atoms with Gasteiger partial charge in [-0.3, -0.25) is 14.9 Å². The summed E-state index contributed by atoms with van der Waals surface area (Å²) in [7, 11) is 0. The van der Waals surface area contributed by atoms with Gasteiger partial charge in [0.15, 0.2) is 11.3 Å². The monoisotopic (exact) mass is 429 g/mol. The van der Waals surface area contributed by atoms with Gasteiger partial charge in [0.05, 0.1) is 10.5 Å². The number of aryl methyl sites for hydroxylation is 1. The Kier molecular flexibility index (Phi) is 5.34. The fraction of sp³-hybridized carbons (Fsp3) is 0.273. The molecule has 1 saturated heterocycles. The van der Waals surface area contributed by atoms with Crippen LogP contribution in [0.1, 0.15) is 28.9 Å². The van der Waals surface area contributed by atoms with E-state index in [4.69, 9.17) is 0 Å². The zero-order valence-corrected chi connectivity index (χ0v) is 16.6. The molecule has 1 aromatic heterocycles. The third-order valence-electron chi connectivity index (χ3n) is 5.58. The average molecular weight is 429 g/mol. The van der Waals surface area contributed by atoms with Crippen LogP contribution in [0.2, 0.25) is 0 Å². The van der Waals surface area contributed by atoms with Crippen LogP contribution in [0.3, 0.4) is 0 Å². The lowest BCUT2D eigenvalue weighted by Gasteiger charge is -2.33. The Morgan fingerprint density at radius 3 is 2.39 bits per heavy atom. The molecule has 3 aromatic rings. The Labute approximate surface area is 175 Å². The molecule has 0 saturated carbocycles. The molecule has 2 aromatic carbocycles. The molecule has 0 aliphatic carbocycles. The van der Waals surface area contributed by atoms with E-state index in [1.165, 1.54) is 6.07 Å². The standard InChI is InChI=1S/C22H18F3N3O3/c1-12-9-19(15-3-2-4-18(28(30)31)21(15)26-12)27-7-5-13(6-8-27)22(29)20-16(24)10-14(23)11-17(20)25/h2-4,9-11,13H,5-8H2,1H3. The molecule has 1 fully saturated rings. The third kappa shape index (κ3) is 3.83. The highest BCUT2D eigenvalue weighted by atomic mass is 19.1. The predicted octanol–water partition coefficient (Wildman–Crippen LogP) is 4.97. The highest BCUT2D eigenvalue weighted by molar-refractivity contribution is 5.99. The van der Waals surface area contributed by atoms with Crippen LogP contribution in [-0.4, -0.2) is 28.8 Å². The number of fused-ring (bicyclic) bond motifs is 1. The molecule has 0 radical (unpaired) electrons. The zero-order chi connectivity index (χ0) is 22.3. The van der Waals surface area contributed by atoms with Crippen molar-refractivity contribution >= 4 is 28.1 Å². The molecule has 1 aliphatic heterocycles. The Balaban J connectivity index is 1.60. The normalized spacial score (nSPS) is 14.8. The Hall–Kier alpha value is -3.49. The third-order valence-corrected chi connectivity index (χ3v) is 5.58. The van der Waals surface area contributed by atoms with Gasteiger partial charge in [0.2, 0.25) is 0 Å². The quantitative estimate of drug-likeness (QED) is 0.333. The van der Waals surface area contributed by atoms with Gasteiger partial charge >= 0.3 is 0 Å². The number of hydrogen-bond acceptors (Lipinski definition) is 5. The maximum Gasteiger partial charge on any atom is 0.295 e. The fourth-order valence-corrected chi connectivity index (χ4v) is 4.11. The van der Waals surface area contributed by atoms with Crippen molar-refractivity contribution in [3.05, 3.63) is 75.2 Å². The van der Waals surface area contributed by atoms with E-state index in [2.05, 4.69) is 4.98 Å². The van der Waals surface area contributed by atoms with Crippen molar-refractivity contribution in [3.8, 4) is 0 Å². The molecular formula is C22H18F3N3O3. The largest absolute Gasteiger partial charge is 0.371 e. The van der Waals surface area contributed by atoms with Crippen molar-refractivity contribution in [2.45, 2.75) is 19.8 Å². The molecule has 1 aliphatic rings. The summed E-state index contributed by atoms with van der Waals surface area (Å²) >= 11 is 0. The van der Waals surface area contributed by atoms with E-state index >= 15 is 0 Å². The lowest BCUT2D eigenvalue weighted by atomic mass is 9.88. The summed E-state index contributed by atoms with van der Waals surface area (Å²) in [6.07, 6.45) is 0.680. The van der Waals surface area contributed by atoms with Crippen LogP contribution in [-0.2, 0) is 0 Å². The molecule has 0 N–H and O–H groups in total. The maximum absolute atomic E-state index is 14.0. The number of hydrogen-bond donors (Lipinski definition) is 0. The molecule has 6 nitrogen and oxygen atoms in total. The lowest BCUT2D eigenvalue weighted by Crippen LogP contribution is -2.37. The van der Waals surface area contributed by atoms with Crippen molar-refractivity contribution in [3.63, 3.8) is 0 Å². The van der Waals surface area contributed by atoms with Gasteiger partial charge in [-0.15, -0.1) is 0 Å². The number of carbonyl (C=O) groups is 1. The first-order valence-electron chi connectivity index (χ1n) is 9.74. The first-order chi connectivity index (χ1) is 14.8. The summed E-state index contributed by atoms with van der Waals surface area (Å²) in [4.78, 5) is 29.9. The number of benzene rings is 2. The average Bonchev–Trinajstić information content (AvgIpc) is 2.72. The Bertz CT molecular complexity index is 1180. The van der Waals surface area contributed by atoms with E-state index in [9.17, 15) is 28.1 Å². The summed E-state index contributed by atoms with van der Waals surface area (Å²) in [6, 6.07) is 7.58. The Morgan fingerprint density at radius 1 is 1.13 bits per heavy atom. The van der Waals surface area contributed by atoms with Crippen molar-refractivity contribution < 1.29 is 22.9 Å². The minimum atomic E-state index is -1.20. The van der Waals surface area contributed by atoms with Crippen molar-refractivity contribution in [2.24, 2.45) is 5.92 Å². The van der Waals surface area contributed by atoms with Crippen molar-refractivity contribution in [2.75, 3.05) is 18.0 Å². The predicted molar refractivity (Wildman–Crippen MR) is 109 cm³/mol. The van der Waals surface area contributed by atoms with Gasteiger partial charge in [0.25, 0.3) is 5.69 Å². The van der Waals surface area contributed by atoms with Crippen LogP contribution >= 0.6 is 0 Å². The second-order valence-corrected chi connectivity index (χ2v) is 7.58. The minimum absolute atomic E-state index is 0.0882. The number of Topliss-reactive ketones (excluding diaryl/α,β-unsaturated/α-hetero) is 1. The van der Waals surface area contributed by atoms with E-state index in [-0.39, 0.29) is 11.2 Å². The van der Waals surface area contributed by atoms with Gasteiger partial charge in [-0.05, 0) is 25.8 Å². The van der Waals surface area contributed by atoms with Gasteiger partial charge in [-0.1, -0.05) is 12.1 Å². The minimum Gasteiger partial charge on any atom is -0.371 e. The zero-order valence-electron chi connectivity index (χ0n) is 16.6. The van der Waals surface area contributed by atoms with Crippen LogP contribution < -0.4 is 4.90 Å². The second-order valence-electron chi connectivity index (χ2n) is 7.58. The molecule has 160 valence electrons. The van der Waals surface area contributed by atoms with E-state index in [1.807, 2.05) is 11.0 Å². The van der Waals surface area contributed by atoms with Crippen molar-refractivity contribution in [1.29, 1.82) is 0 Å². The fourth-order valence-electron chi connectivity index (χ4n) is 4.11. The summed E-state index contributed by atoms with van der Waals surface area (Å²) in [5.74, 6) is -4.76. The molecule has 0 unspecified atom stereocenters. The maximum atomic E-state index is 14.0. The number of aromatic nitrogens is 1. The van der Waals surface area contributed by atoms with Crippen molar-refractivity contribution in [1.82, 2.24) is 4.98 Å². The van der Waals surface area contributed by atoms with E-state index in [1.54, 1.807) is 19.1 Å². The first-order valence-corrected chi connectivity index (χ1v) is 9.74. The number of para-hydroxylation sites is 1. The van der Waals surface area contributed by atoms with E-state index < -0.39 is 39.6 Å². The second kappa shape index (κ2) is 7.98. The number of nitrogens with zero attached hydrogens (tertiary/aromatic N) is 3. The van der Waals surface area contributed by atoms with Gasteiger partial charge in [0, 0.05) is 54.0 Å². The molecule has 0 atom stereocenters. The summed E-state index contributed by atoms with van der Waals surface area (Å²) in [6.45, 7) is 2.58. The number of carbonyl (C=O) groups excluding carboxylic acids is 1. The molecule has 2 heterocycles. The van der Waals surface area contributed by atoms with Gasteiger partial charge in [0.1, 0.15) is 17.5 Å². The number of nitro benzene ring substituents is 1. The van der Waals surface area contributed by atoms with Gasteiger partial charge in [-0.2, -0.15) is 0 Å². The summed E-state index contributed by atoms with van der Waals surface area (Å²) in [5, 5.41) is 12.0. The molecule has 0 bridgehead atoms. The SMILES string of the molecule is Cc1cc(N2CCC(C(=O)c3c(F)cc(F)cc3F)CC2)c2cccc([N+](=O)[O-])c2n1. The number of rotatable bonds is 4. The van der Waals surface area contributed by atoms with Gasteiger partial charge in [-0.25, -0.2) is 18.2 Å². The number of nitro groups is 1. The Morgan fingerprint density at radius 2 is 1.77 bits per heavy atom. The molecule has 4 rings (SSSR count). The highest BCUT2D eigenvalue weighted by Gasteiger charge is 2.31. The summed E-state index contributed by atoms with van der Waals surface area (Å²) in [5.41, 5.74) is 0.869. The topological polar surface area (TPSA) is 76.3 Å². The number of piperidine rings is 1. The smallest absolute Gasteiger partial charge is 0.295 e. The van der Waals surface area contributed by atoms with Crippen LogP contribution in [0.5, 0.6) is 0 Å². The number of pyridine rings is 1. The van der Waals surface area contributed by atoms with E-state index in [0.29, 0.717) is 49.1 Å². The van der Waals surface area contributed by atoms with Gasteiger partial charge < -0.3 is 4.90 Å². The number of ketones is 1. The molecule has 0 amide bonds. The van der Waals surface area contributed by atoms with E-state index in [0.717, 1.165) is 5.69 Å². The number of anilines is 1. The molecule has 31 heavy (non-hydrogen) atoms. The van der Waals surface area contributed by atoms with Crippen LogP contribution in [0, 0.1) is 40.4 Å². The summed E-state index contributed by atoms with van der Waals surface area (Å²) < 4.78 is 41.2. The molecule has 0 spiro atoms. The van der Waals surface area contributed by atoms with Crippen LogP contribution in [0.25, 0.3) is 10.9 Å².